The van der Waals surface area contributed by atoms with Crippen LogP contribution in [-0.4, -0.2) is 34.1 Å². The van der Waals surface area contributed by atoms with E-state index in [2.05, 4.69) is 19.9 Å². The number of piperidine rings is 1. The predicted octanol–water partition coefficient (Wildman–Crippen LogP) is 1.77. The van der Waals surface area contributed by atoms with Crippen molar-refractivity contribution in [1.82, 2.24) is 15.0 Å². The summed E-state index contributed by atoms with van der Waals surface area (Å²) in [6, 6.07) is 6.25. The van der Waals surface area contributed by atoms with Gasteiger partial charge >= 0.3 is 0 Å². The van der Waals surface area contributed by atoms with Gasteiger partial charge in [-0.05, 0) is 31.9 Å². The second kappa shape index (κ2) is 5.54. The van der Waals surface area contributed by atoms with Crippen LogP contribution < -0.4 is 10.6 Å². The highest BCUT2D eigenvalue weighted by Crippen LogP contribution is 2.21. The van der Waals surface area contributed by atoms with Crippen LogP contribution in [-0.2, 0) is 0 Å². The summed E-state index contributed by atoms with van der Waals surface area (Å²) >= 11 is 0. The second-order valence-electron chi connectivity index (χ2n) is 5.26. The molecule has 0 aliphatic carbocycles. The van der Waals surface area contributed by atoms with Crippen LogP contribution in [0, 0.1) is 6.92 Å². The van der Waals surface area contributed by atoms with Gasteiger partial charge in [-0.15, -0.1) is 0 Å². The van der Waals surface area contributed by atoms with Crippen LogP contribution in [0.3, 0.4) is 0 Å². The van der Waals surface area contributed by atoms with Crippen molar-refractivity contribution in [3.05, 3.63) is 36.3 Å². The van der Waals surface area contributed by atoms with Gasteiger partial charge in [-0.25, -0.2) is 9.97 Å². The number of hydrogen-bond acceptors (Lipinski definition) is 5. The van der Waals surface area contributed by atoms with Crippen molar-refractivity contribution < 1.29 is 0 Å². The maximum Gasteiger partial charge on any atom is 0.163 e. The smallest absolute Gasteiger partial charge is 0.163 e. The van der Waals surface area contributed by atoms with Crippen LogP contribution in [0.25, 0.3) is 11.4 Å². The fraction of sp³-hybridized carbons (Fsp3) is 0.400. The summed E-state index contributed by atoms with van der Waals surface area (Å²) in [5, 5.41) is 0. The quantitative estimate of drug-likeness (QED) is 0.900. The third-order valence-corrected chi connectivity index (χ3v) is 3.62. The molecule has 0 unspecified atom stereocenters. The SMILES string of the molecule is Cc1cc(N2CCC(N)CC2)nc(-c2cccnc2)n1. The summed E-state index contributed by atoms with van der Waals surface area (Å²) in [6.07, 6.45) is 5.59. The maximum absolute atomic E-state index is 5.96. The summed E-state index contributed by atoms with van der Waals surface area (Å²) in [5.41, 5.74) is 7.88. The number of aromatic nitrogens is 3. The fourth-order valence-corrected chi connectivity index (χ4v) is 2.47. The second-order valence-corrected chi connectivity index (χ2v) is 5.26. The Morgan fingerprint density at radius 2 is 2.05 bits per heavy atom. The third kappa shape index (κ3) is 2.77. The molecule has 0 spiro atoms. The molecule has 0 amide bonds. The molecule has 0 aromatic carbocycles. The van der Waals surface area contributed by atoms with Gasteiger partial charge < -0.3 is 10.6 Å². The van der Waals surface area contributed by atoms with Crippen molar-refractivity contribution >= 4 is 5.82 Å². The van der Waals surface area contributed by atoms with E-state index in [9.17, 15) is 0 Å². The maximum atomic E-state index is 5.96. The highest BCUT2D eigenvalue weighted by molar-refractivity contribution is 5.56. The number of pyridine rings is 1. The van der Waals surface area contributed by atoms with Gasteiger partial charge in [-0.1, -0.05) is 0 Å². The highest BCUT2D eigenvalue weighted by Gasteiger charge is 2.18. The molecule has 1 saturated heterocycles. The van der Waals surface area contributed by atoms with Gasteiger partial charge in [0.1, 0.15) is 5.82 Å². The molecule has 1 aliphatic heterocycles. The van der Waals surface area contributed by atoms with Gasteiger partial charge in [0, 0.05) is 48.8 Å². The first-order chi connectivity index (χ1) is 9.72. The first kappa shape index (κ1) is 13.0. The van der Waals surface area contributed by atoms with E-state index in [0.717, 1.165) is 48.8 Å². The van der Waals surface area contributed by atoms with Crippen LogP contribution in [0.4, 0.5) is 5.82 Å². The number of aryl methyl sites for hydroxylation is 1. The molecule has 0 bridgehead atoms. The minimum atomic E-state index is 0.326. The van der Waals surface area contributed by atoms with Crippen molar-refractivity contribution in [2.24, 2.45) is 5.73 Å². The normalized spacial score (nSPS) is 16.4. The van der Waals surface area contributed by atoms with Crippen LogP contribution >= 0.6 is 0 Å². The highest BCUT2D eigenvalue weighted by atomic mass is 15.2. The molecular formula is C15H19N5. The Bertz CT molecular complexity index is 576. The summed E-state index contributed by atoms with van der Waals surface area (Å²) in [4.78, 5) is 15.6. The number of rotatable bonds is 2. The Kier molecular flexibility index (Phi) is 3.60. The molecule has 3 rings (SSSR count). The molecule has 0 radical (unpaired) electrons. The Morgan fingerprint density at radius 1 is 1.25 bits per heavy atom. The van der Waals surface area contributed by atoms with Gasteiger partial charge in [-0.2, -0.15) is 0 Å². The largest absolute Gasteiger partial charge is 0.356 e. The van der Waals surface area contributed by atoms with Gasteiger partial charge in [0.25, 0.3) is 0 Å². The summed E-state index contributed by atoms with van der Waals surface area (Å²) in [6.45, 7) is 3.93. The van der Waals surface area contributed by atoms with Gasteiger partial charge in [0.15, 0.2) is 5.82 Å². The number of hydrogen-bond donors (Lipinski definition) is 1. The van der Waals surface area contributed by atoms with Crippen molar-refractivity contribution in [2.45, 2.75) is 25.8 Å². The summed E-state index contributed by atoms with van der Waals surface area (Å²) in [7, 11) is 0. The molecule has 0 atom stereocenters. The average molecular weight is 269 g/mol. The average Bonchev–Trinajstić information content (AvgIpc) is 2.48. The molecule has 0 saturated carbocycles. The first-order valence-electron chi connectivity index (χ1n) is 6.99. The number of anilines is 1. The van der Waals surface area contributed by atoms with E-state index in [1.54, 1.807) is 12.4 Å². The molecule has 2 aromatic rings. The lowest BCUT2D eigenvalue weighted by molar-refractivity contribution is 0.498. The van der Waals surface area contributed by atoms with Crippen LogP contribution in [0.2, 0.25) is 0 Å². The lowest BCUT2D eigenvalue weighted by Gasteiger charge is -2.31. The van der Waals surface area contributed by atoms with Gasteiger partial charge in [0.05, 0.1) is 0 Å². The fourth-order valence-electron chi connectivity index (χ4n) is 2.47. The van der Waals surface area contributed by atoms with Gasteiger partial charge in [-0.3, -0.25) is 4.98 Å². The predicted molar refractivity (Wildman–Crippen MR) is 79.4 cm³/mol. The van der Waals surface area contributed by atoms with E-state index < -0.39 is 0 Å². The van der Waals surface area contributed by atoms with Crippen LogP contribution in [0.1, 0.15) is 18.5 Å². The first-order valence-corrected chi connectivity index (χ1v) is 6.99. The molecule has 20 heavy (non-hydrogen) atoms. The van der Waals surface area contributed by atoms with Crippen molar-refractivity contribution in [2.75, 3.05) is 18.0 Å². The Morgan fingerprint density at radius 3 is 2.75 bits per heavy atom. The Balaban J connectivity index is 1.91. The van der Waals surface area contributed by atoms with Gasteiger partial charge in [0.2, 0.25) is 0 Å². The van der Waals surface area contributed by atoms with E-state index >= 15 is 0 Å². The molecular weight excluding hydrogens is 250 g/mol. The summed E-state index contributed by atoms with van der Waals surface area (Å²) < 4.78 is 0. The van der Waals surface area contributed by atoms with Crippen LogP contribution in [0.15, 0.2) is 30.6 Å². The number of nitrogens with two attached hydrogens (primary N) is 1. The minimum absolute atomic E-state index is 0.326. The lowest BCUT2D eigenvalue weighted by atomic mass is 10.1. The van der Waals surface area contributed by atoms with E-state index in [-0.39, 0.29) is 0 Å². The van der Waals surface area contributed by atoms with Crippen molar-refractivity contribution in [3.8, 4) is 11.4 Å². The molecule has 1 aliphatic rings. The zero-order valence-corrected chi connectivity index (χ0v) is 11.7. The molecule has 1 fully saturated rings. The van der Waals surface area contributed by atoms with E-state index in [4.69, 9.17) is 5.73 Å². The standard InChI is InChI=1S/C15H19N5/c1-11-9-14(20-7-4-13(16)5-8-20)19-15(18-11)12-3-2-6-17-10-12/h2-3,6,9-10,13H,4-5,7-8,16H2,1H3. The zero-order valence-electron chi connectivity index (χ0n) is 11.7. The zero-order chi connectivity index (χ0) is 13.9. The van der Waals surface area contributed by atoms with Crippen molar-refractivity contribution in [3.63, 3.8) is 0 Å². The monoisotopic (exact) mass is 269 g/mol. The molecule has 2 N–H and O–H groups in total. The lowest BCUT2D eigenvalue weighted by Crippen LogP contribution is -2.40. The van der Waals surface area contributed by atoms with Crippen molar-refractivity contribution in [1.29, 1.82) is 0 Å². The molecule has 104 valence electrons. The van der Waals surface area contributed by atoms with E-state index in [1.807, 2.05) is 25.1 Å². The molecule has 2 aromatic heterocycles. The Hall–Kier alpha value is -2.01. The third-order valence-electron chi connectivity index (χ3n) is 3.62. The van der Waals surface area contributed by atoms with E-state index in [0.29, 0.717) is 6.04 Å². The minimum Gasteiger partial charge on any atom is -0.356 e. The Labute approximate surface area is 118 Å². The van der Waals surface area contributed by atoms with Crippen LogP contribution in [0.5, 0.6) is 0 Å². The number of nitrogens with zero attached hydrogens (tertiary/aromatic N) is 4. The topological polar surface area (TPSA) is 67.9 Å². The molecule has 3 heterocycles. The van der Waals surface area contributed by atoms with E-state index in [1.165, 1.54) is 0 Å². The molecule has 5 heteroatoms. The summed E-state index contributed by atoms with van der Waals surface area (Å²) in [5.74, 6) is 1.73. The molecule has 5 nitrogen and oxygen atoms in total.